The molecule has 0 aliphatic carbocycles. The largest absolute Gasteiger partial charge is 0.492 e. The number of ether oxygens (including phenoxy) is 1. The fourth-order valence-electron chi connectivity index (χ4n) is 3.84. The lowest BCUT2D eigenvalue weighted by molar-refractivity contribution is 0.0950. The van der Waals surface area contributed by atoms with Crippen molar-refractivity contribution in [1.82, 2.24) is 15.5 Å². The van der Waals surface area contributed by atoms with Gasteiger partial charge in [-0.25, -0.2) is 4.39 Å². The molecule has 0 atom stereocenters. The molecule has 29 heavy (non-hydrogen) atoms. The first-order chi connectivity index (χ1) is 14.2. The molecule has 2 heterocycles. The minimum atomic E-state index is -0.302. The van der Waals surface area contributed by atoms with E-state index in [1.807, 2.05) is 30.3 Å². The Bertz CT molecular complexity index is 1230. The molecule has 0 saturated heterocycles. The number of nitrogens with one attached hydrogen (secondary N) is 2. The predicted octanol–water partition coefficient (Wildman–Crippen LogP) is 4.23. The number of carbonyl (C=O) groups excluding carboxylic acids is 1. The topological polar surface area (TPSA) is 67.0 Å². The number of fused-ring (bicyclic) bond motifs is 2. The molecule has 0 radical (unpaired) electrons. The number of nitrogens with zero attached hydrogens (tertiary/aromatic N) is 1. The smallest absolute Gasteiger partial charge is 0.251 e. The van der Waals surface area contributed by atoms with Gasteiger partial charge in [-0.15, -0.1) is 0 Å². The molecule has 1 aliphatic heterocycles. The van der Waals surface area contributed by atoms with Crippen LogP contribution in [0.15, 0.2) is 60.8 Å². The summed E-state index contributed by atoms with van der Waals surface area (Å²) >= 11 is 0. The van der Waals surface area contributed by atoms with Crippen LogP contribution in [0.2, 0.25) is 0 Å². The fraction of sp³-hybridized carbons (Fsp3) is 0.130. The number of amides is 1. The van der Waals surface area contributed by atoms with Crippen LogP contribution in [0.1, 0.15) is 21.5 Å². The SMILES string of the molecule is O=C(NCc1cccc2cn[nH]c12)c1ccc(-c2cccc(F)c2)c2c1CCO2. The molecule has 1 aliphatic rings. The molecule has 0 spiro atoms. The first-order valence-corrected chi connectivity index (χ1v) is 9.44. The molecule has 0 fully saturated rings. The van der Waals surface area contributed by atoms with Crippen LogP contribution in [0.5, 0.6) is 5.75 Å². The van der Waals surface area contributed by atoms with Crippen LogP contribution in [-0.4, -0.2) is 22.7 Å². The molecule has 0 unspecified atom stereocenters. The van der Waals surface area contributed by atoms with Crippen molar-refractivity contribution in [3.63, 3.8) is 0 Å². The minimum absolute atomic E-state index is 0.158. The zero-order chi connectivity index (χ0) is 19.8. The Kier molecular flexibility index (Phi) is 4.24. The van der Waals surface area contributed by atoms with Crippen LogP contribution in [0.3, 0.4) is 0 Å². The molecule has 6 heteroatoms. The molecule has 4 aromatic rings. The minimum Gasteiger partial charge on any atom is -0.492 e. The van der Waals surface area contributed by atoms with Crippen molar-refractivity contribution in [2.24, 2.45) is 0 Å². The maximum absolute atomic E-state index is 13.6. The number of benzene rings is 3. The van der Waals surface area contributed by atoms with Gasteiger partial charge >= 0.3 is 0 Å². The van der Waals surface area contributed by atoms with Gasteiger partial charge in [0.25, 0.3) is 5.91 Å². The van der Waals surface area contributed by atoms with E-state index in [1.165, 1.54) is 12.1 Å². The van der Waals surface area contributed by atoms with E-state index >= 15 is 0 Å². The van der Waals surface area contributed by atoms with E-state index in [1.54, 1.807) is 18.3 Å². The highest BCUT2D eigenvalue weighted by Gasteiger charge is 2.24. The molecule has 2 N–H and O–H groups in total. The molecule has 144 valence electrons. The van der Waals surface area contributed by atoms with Gasteiger partial charge < -0.3 is 10.1 Å². The standard InChI is InChI=1S/C23H18FN3O2/c24-17-6-2-3-14(11-17)18-7-8-20(19-9-10-29-22(18)19)23(28)25-12-15-4-1-5-16-13-26-27-21(15)16/h1-8,11,13H,9-10,12H2,(H,25,28)(H,26,27). The monoisotopic (exact) mass is 387 g/mol. The lowest BCUT2D eigenvalue weighted by atomic mass is 9.96. The van der Waals surface area contributed by atoms with Crippen molar-refractivity contribution < 1.29 is 13.9 Å². The Morgan fingerprint density at radius 3 is 2.97 bits per heavy atom. The first kappa shape index (κ1) is 17.4. The quantitative estimate of drug-likeness (QED) is 0.551. The second-order valence-electron chi connectivity index (χ2n) is 7.01. The molecule has 3 aromatic carbocycles. The third-order valence-electron chi connectivity index (χ3n) is 5.24. The van der Waals surface area contributed by atoms with Crippen LogP contribution in [0.25, 0.3) is 22.0 Å². The van der Waals surface area contributed by atoms with Crippen LogP contribution in [-0.2, 0) is 13.0 Å². The highest BCUT2D eigenvalue weighted by Crippen LogP contribution is 2.39. The van der Waals surface area contributed by atoms with E-state index in [2.05, 4.69) is 15.5 Å². The van der Waals surface area contributed by atoms with Gasteiger partial charge in [-0.05, 0) is 35.4 Å². The van der Waals surface area contributed by atoms with Crippen molar-refractivity contribution in [2.75, 3.05) is 6.61 Å². The van der Waals surface area contributed by atoms with Crippen molar-refractivity contribution in [3.8, 4) is 16.9 Å². The third-order valence-corrected chi connectivity index (χ3v) is 5.24. The lowest BCUT2D eigenvalue weighted by Gasteiger charge is -2.13. The summed E-state index contributed by atoms with van der Waals surface area (Å²) in [5, 5.41) is 11.0. The summed E-state index contributed by atoms with van der Waals surface area (Å²) in [5.74, 6) is 0.206. The van der Waals surface area contributed by atoms with Crippen LogP contribution >= 0.6 is 0 Å². The summed E-state index contributed by atoms with van der Waals surface area (Å²) in [7, 11) is 0. The number of carbonyl (C=O) groups is 1. The molecule has 5 nitrogen and oxygen atoms in total. The van der Waals surface area contributed by atoms with Crippen molar-refractivity contribution >= 4 is 16.8 Å². The van der Waals surface area contributed by atoms with Crippen molar-refractivity contribution in [2.45, 2.75) is 13.0 Å². The Balaban J connectivity index is 1.43. The maximum atomic E-state index is 13.6. The molecule has 0 bridgehead atoms. The number of halogens is 1. The molecular weight excluding hydrogens is 369 g/mol. The summed E-state index contributed by atoms with van der Waals surface area (Å²) < 4.78 is 19.5. The first-order valence-electron chi connectivity index (χ1n) is 9.44. The van der Waals surface area contributed by atoms with E-state index in [9.17, 15) is 9.18 Å². The molecule has 1 aromatic heterocycles. The number of rotatable bonds is 4. The second-order valence-corrected chi connectivity index (χ2v) is 7.01. The number of aromatic amines is 1. The normalized spacial score (nSPS) is 12.6. The van der Waals surface area contributed by atoms with E-state index in [4.69, 9.17) is 4.74 Å². The zero-order valence-corrected chi connectivity index (χ0v) is 15.5. The number of H-pyrrole nitrogens is 1. The highest BCUT2D eigenvalue weighted by atomic mass is 19.1. The molecular formula is C23H18FN3O2. The van der Waals surface area contributed by atoms with Gasteiger partial charge in [0.15, 0.2) is 0 Å². The summed E-state index contributed by atoms with van der Waals surface area (Å²) in [4.78, 5) is 12.9. The van der Waals surface area contributed by atoms with Crippen LogP contribution in [0.4, 0.5) is 4.39 Å². The summed E-state index contributed by atoms with van der Waals surface area (Å²) in [6.45, 7) is 0.898. The molecule has 5 rings (SSSR count). The van der Waals surface area contributed by atoms with Gasteiger partial charge in [0.1, 0.15) is 11.6 Å². The number of hydrogen-bond donors (Lipinski definition) is 2. The van der Waals surface area contributed by atoms with Crippen molar-refractivity contribution in [1.29, 1.82) is 0 Å². The van der Waals surface area contributed by atoms with Crippen molar-refractivity contribution in [3.05, 3.63) is 83.3 Å². The van der Waals surface area contributed by atoms with E-state index in [0.717, 1.165) is 33.2 Å². The lowest BCUT2D eigenvalue weighted by Crippen LogP contribution is -2.24. The van der Waals surface area contributed by atoms with Gasteiger partial charge in [-0.3, -0.25) is 9.89 Å². The highest BCUT2D eigenvalue weighted by molar-refractivity contribution is 5.98. The fourth-order valence-corrected chi connectivity index (χ4v) is 3.84. The maximum Gasteiger partial charge on any atom is 0.251 e. The van der Waals surface area contributed by atoms with Gasteiger partial charge in [0.05, 0.1) is 18.3 Å². The van der Waals surface area contributed by atoms with Gasteiger partial charge in [0.2, 0.25) is 0 Å². The van der Waals surface area contributed by atoms with Crippen LogP contribution in [0, 0.1) is 5.82 Å². The Hall–Kier alpha value is -3.67. The number of aromatic nitrogens is 2. The summed E-state index contributed by atoms with van der Waals surface area (Å²) in [6, 6.07) is 15.9. The van der Waals surface area contributed by atoms with Gasteiger partial charge in [-0.1, -0.05) is 30.3 Å². The second kappa shape index (κ2) is 7.05. The van der Waals surface area contributed by atoms with Gasteiger partial charge in [0, 0.05) is 35.0 Å². The Labute approximate surface area is 166 Å². The number of para-hydroxylation sites is 1. The average molecular weight is 387 g/mol. The molecule has 0 saturated carbocycles. The third kappa shape index (κ3) is 3.12. The molecule has 1 amide bonds. The number of hydrogen-bond acceptors (Lipinski definition) is 3. The van der Waals surface area contributed by atoms with E-state index in [-0.39, 0.29) is 11.7 Å². The van der Waals surface area contributed by atoms with Crippen LogP contribution < -0.4 is 10.1 Å². The van der Waals surface area contributed by atoms with E-state index < -0.39 is 0 Å². The Morgan fingerprint density at radius 1 is 1.17 bits per heavy atom. The Morgan fingerprint density at radius 2 is 2.07 bits per heavy atom. The summed E-state index contributed by atoms with van der Waals surface area (Å²) in [5.41, 5.74) is 4.88. The predicted molar refractivity (Wildman–Crippen MR) is 108 cm³/mol. The zero-order valence-electron chi connectivity index (χ0n) is 15.5. The van der Waals surface area contributed by atoms with E-state index in [0.29, 0.717) is 30.9 Å². The summed E-state index contributed by atoms with van der Waals surface area (Å²) in [6.07, 6.45) is 2.41. The average Bonchev–Trinajstić information content (AvgIpc) is 3.41. The van der Waals surface area contributed by atoms with Gasteiger partial charge in [-0.2, -0.15) is 5.10 Å².